The highest BCUT2D eigenvalue weighted by Crippen LogP contribution is 1.98. The Hall–Kier alpha value is -1.42. The standard InChI is InChI=1S/C8H10N2O2.2C2H6/c1-9-5-6-3-2-4-7(10-6)8(11)12;2*1-2/h2-4,9H,5H2,1H3,(H,11,12);2*1-2H3. The number of hydrogen-bond donors (Lipinski definition) is 2. The number of rotatable bonds is 3. The number of carboxylic acids is 1. The van der Waals surface area contributed by atoms with E-state index < -0.39 is 5.97 Å². The molecule has 92 valence electrons. The molecule has 1 aromatic rings. The van der Waals surface area contributed by atoms with Gasteiger partial charge in [-0.1, -0.05) is 33.8 Å². The molecule has 0 fully saturated rings. The van der Waals surface area contributed by atoms with Crippen LogP contribution >= 0.6 is 0 Å². The normalized spacial score (nSPS) is 8.06. The van der Waals surface area contributed by atoms with Gasteiger partial charge in [-0.05, 0) is 19.2 Å². The van der Waals surface area contributed by atoms with Crippen molar-refractivity contribution in [3.63, 3.8) is 0 Å². The van der Waals surface area contributed by atoms with Crippen molar-refractivity contribution in [1.82, 2.24) is 10.3 Å². The van der Waals surface area contributed by atoms with Gasteiger partial charge >= 0.3 is 5.97 Å². The lowest BCUT2D eigenvalue weighted by Crippen LogP contribution is -2.09. The van der Waals surface area contributed by atoms with Crippen LogP contribution in [-0.2, 0) is 6.54 Å². The maximum atomic E-state index is 10.5. The molecule has 0 aliphatic rings. The molecule has 16 heavy (non-hydrogen) atoms. The summed E-state index contributed by atoms with van der Waals surface area (Å²) < 4.78 is 0. The van der Waals surface area contributed by atoms with Crippen molar-refractivity contribution >= 4 is 5.97 Å². The van der Waals surface area contributed by atoms with Gasteiger partial charge in [-0.25, -0.2) is 9.78 Å². The Bertz CT molecular complexity index is 288. The van der Waals surface area contributed by atoms with Crippen LogP contribution in [0.1, 0.15) is 43.9 Å². The van der Waals surface area contributed by atoms with Crippen LogP contribution in [-0.4, -0.2) is 23.1 Å². The van der Waals surface area contributed by atoms with Gasteiger partial charge in [-0.15, -0.1) is 0 Å². The number of nitrogens with zero attached hydrogens (tertiary/aromatic N) is 1. The number of aromatic carboxylic acids is 1. The molecule has 0 saturated heterocycles. The van der Waals surface area contributed by atoms with E-state index in [2.05, 4.69) is 10.3 Å². The lowest BCUT2D eigenvalue weighted by atomic mass is 10.3. The van der Waals surface area contributed by atoms with Gasteiger partial charge in [0.25, 0.3) is 0 Å². The third kappa shape index (κ3) is 6.95. The first kappa shape index (κ1) is 17.0. The van der Waals surface area contributed by atoms with Gasteiger partial charge in [0.1, 0.15) is 5.69 Å². The van der Waals surface area contributed by atoms with Crippen molar-refractivity contribution in [2.24, 2.45) is 0 Å². The second kappa shape index (κ2) is 11.7. The number of aromatic nitrogens is 1. The summed E-state index contributed by atoms with van der Waals surface area (Å²) in [5.41, 5.74) is 0.820. The minimum absolute atomic E-state index is 0.0859. The topological polar surface area (TPSA) is 62.2 Å². The number of hydrogen-bond acceptors (Lipinski definition) is 3. The molecule has 0 amide bonds. The van der Waals surface area contributed by atoms with Gasteiger partial charge in [0.15, 0.2) is 0 Å². The summed E-state index contributed by atoms with van der Waals surface area (Å²) in [7, 11) is 1.79. The summed E-state index contributed by atoms with van der Waals surface area (Å²) in [5, 5.41) is 11.5. The fourth-order valence-corrected chi connectivity index (χ4v) is 0.878. The molecule has 1 aromatic heterocycles. The molecule has 0 atom stereocenters. The van der Waals surface area contributed by atoms with Crippen LogP contribution in [0.5, 0.6) is 0 Å². The van der Waals surface area contributed by atoms with E-state index in [1.54, 1.807) is 19.2 Å². The first-order valence-electron chi connectivity index (χ1n) is 5.58. The van der Waals surface area contributed by atoms with Crippen molar-refractivity contribution in [1.29, 1.82) is 0 Å². The van der Waals surface area contributed by atoms with Crippen LogP contribution < -0.4 is 5.32 Å². The fourth-order valence-electron chi connectivity index (χ4n) is 0.878. The molecule has 0 bridgehead atoms. The number of carboxylic acid groups (broad SMARTS) is 1. The van der Waals surface area contributed by atoms with Crippen LogP contribution in [0.15, 0.2) is 18.2 Å². The van der Waals surface area contributed by atoms with Gasteiger partial charge in [0, 0.05) is 6.54 Å². The zero-order valence-corrected chi connectivity index (χ0v) is 10.7. The highest BCUT2D eigenvalue weighted by atomic mass is 16.4. The zero-order chi connectivity index (χ0) is 13.0. The SMILES string of the molecule is CC.CC.CNCc1cccc(C(=O)O)n1. The second-order valence-electron chi connectivity index (χ2n) is 2.35. The Morgan fingerprint density at radius 2 is 1.88 bits per heavy atom. The molecule has 1 rings (SSSR count). The molecule has 0 aliphatic heterocycles. The highest BCUT2D eigenvalue weighted by Gasteiger charge is 2.03. The molecule has 0 unspecified atom stereocenters. The molecule has 0 saturated carbocycles. The van der Waals surface area contributed by atoms with Crippen molar-refractivity contribution < 1.29 is 9.90 Å². The summed E-state index contributed by atoms with van der Waals surface area (Å²) in [4.78, 5) is 14.4. The molecule has 0 aromatic carbocycles. The molecular formula is C12H22N2O2. The Morgan fingerprint density at radius 1 is 1.31 bits per heavy atom. The van der Waals surface area contributed by atoms with E-state index in [4.69, 9.17) is 5.11 Å². The Kier molecular flexibility index (Phi) is 12.4. The van der Waals surface area contributed by atoms with Crippen molar-refractivity contribution in [3.8, 4) is 0 Å². The average Bonchev–Trinajstić information content (AvgIpc) is 2.35. The minimum Gasteiger partial charge on any atom is -0.477 e. The quantitative estimate of drug-likeness (QED) is 0.831. The molecule has 0 aliphatic carbocycles. The van der Waals surface area contributed by atoms with E-state index in [1.165, 1.54) is 6.07 Å². The second-order valence-corrected chi connectivity index (χ2v) is 2.35. The van der Waals surface area contributed by atoms with Gasteiger partial charge in [0.05, 0.1) is 5.69 Å². The maximum absolute atomic E-state index is 10.5. The van der Waals surface area contributed by atoms with E-state index in [-0.39, 0.29) is 5.69 Å². The average molecular weight is 226 g/mol. The monoisotopic (exact) mass is 226 g/mol. The van der Waals surface area contributed by atoms with Gasteiger partial charge in [-0.3, -0.25) is 0 Å². The molecule has 4 nitrogen and oxygen atoms in total. The summed E-state index contributed by atoms with van der Waals surface area (Å²) in [6.07, 6.45) is 0. The minimum atomic E-state index is -0.993. The molecule has 0 radical (unpaired) electrons. The molecular weight excluding hydrogens is 204 g/mol. The van der Waals surface area contributed by atoms with Crippen molar-refractivity contribution in [2.75, 3.05) is 7.05 Å². The Labute approximate surface area is 97.7 Å². The van der Waals surface area contributed by atoms with E-state index in [1.807, 2.05) is 27.7 Å². The van der Waals surface area contributed by atoms with Crippen LogP contribution in [0.2, 0.25) is 0 Å². The highest BCUT2D eigenvalue weighted by molar-refractivity contribution is 5.85. The molecule has 2 N–H and O–H groups in total. The lowest BCUT2D eigenvalue weighted by molar-refractivity contribution is 0.0690. The summed E-state index contributed by atoms with van der Waals surface area (Å²) in [6, 6.07) is 4.94. The first-order valence-corrected chi connectivity index (χ1v) is 5.58. The maximum Gasteiger partial charge on any atom is 0.354 e. The van der Waals surface area contributed by atoms with Gasteiger partial charge < -0.3 is 10.4 Å². The zero-order valence-electron chi connectivity index (χ0n) is 10.7. The summed E-state index contributed by atoms with van der Waals surface area (Å²) in [5.74, 6) is -0.993. The third-order valence-electron chi connectivity index (χ3n) is 1.38. The molecule has 1 heterocycles. The van der Waals surface area contributed by atoms with Crippen LogP contribution in [0, 0.1) is 0 Å². The predicted molar refractivity (Wildman–Crippen MR) is 66.7 cm³/mol. The Balaban J connectivity index is 0. The molecule has 0 spiro atoms. The Morgan fingerprint density at radius 3 is 2.31 bits per heavy atom. The van der Waals surface area contributed by atoms with E-state index in [0.29, 0.717) is 6.54 Å². The predicted octanol–water partition coefficient (Wildman–Crippen LogP) is 2.55. The largest absolute Gasteiger partial charge is 0.477 e. The lowest BCUT2D eigenvalue weighted by Gasteiger charge is -1.99. The number of pyridine rings is 1. The number of nitrogens with one attached hydrogen (secondary N) is 1. The van der Waals surface area contributed by atoms with Gasteiger partial charge in [-0.2, -0.15) is 0 Å². The van der Waals surface area contributed by atoms with Crippen LogP contribution in [0.4, 0.5) is 0 Å². The smallest absolute Gasteiger partial charge is 0.354 e. The third-order valence-corrected chi connectivity index (χ3v) is 1.38. The fraction of sp³-hybridized carbons (Fsp3) is 0.500. The first-order chi connectivity index (χ1) is 7.74. The molecule has 4 heteroatoms. The van der Waals surface area contributed by atoms with Crippen LogP contribution in [0.3, 0.4) is 0 Å². The van der Waals surface area contributed by atoms with E-state index >= 15 is 0 Å². The summed E-state index contributed by atoms with van der Waals surface area (Å²) in [6.45, 7) is 8.58. The van der Waals surface area contributed by atoms with Crippen molar-refractivity contribution in [2.45, 2.75) is 34.2 Å². The van der Waals surface area contributed by atoms with E-state index in [0.717, 1.165) is 5.69 Å². The van der Waals surface area contributed by atoms with Crippen molar-refractivity contribution in [3.05, 3.63) is 29.6 Å². The van der Waals surface area contributed by atoms with Gasteiger partial charge in [0.2, 0.25) is 0 Å². The number of carbonyl (C=O) groups is 1. The summed E-state index contributed by atoms with van der Waals surface area (Å²) >= 11 is 0. The van der Waals surface area contributed by atoms with Crippen LogP contribution in [0.25, 0.3) is 0 Å². The van der Waals surface area contributed by atoms with E-state index in [9.17, 15) is 4.79 Å².